The zero-order valence-corrected chi connectivity index (χ0v) is 16.0. The fraction of sp³-hybridized carbons (Fsp3) is 0.650. The van der Waals surface area contributed by atoms with Gasteiger partial charge in [0.1, 0.15) is 12.1 Å². The first kappa shape index (κ1) is 17.0. The third kappa shape index (κ3) is 3.40. The van der Waals surface area contributed by atoms with Crippen LogP contribution in [0.15, 0.2) is 18.6 Å². The summed E-state index contributed by atoms with van der Waals surface area (Å²) in [5.74, 6) is 1.68. The summed E-state index contributed by atoms with van der Waals surface area (Å²) in [6, 6.07) is 3.19. The van der Waals surface area contributed by atoms with Crippen molar-refractivity contribution in [1.82, 2.24) is 24.6 Å². The average Bonchev–Trinajstić information content (AvgIpc) is 3.29. The van der Waals surface area contributed by atoms with Crippen LogP contribution in [-0.2, 0) is 19.5 Å². The van der Waals surface area contributed by atoms with Crippen LogP contribution in [0.1, 0.15) is 43.4 Å². The molecule has 5 rings (SSSR count). The van der Waals surface area contributed by atoms with Gasteiger partial charge in [-0.25, -0.2) is 9.97 Å². The van der Waals surface area contributed by atoms with E-state index in [9.17, 15) is 0 Å². The molecule has 4 heterocycles. The van der Waals surface area contributed by atoms with Crippen molar-refractivity contribution in [3.8, 4) is 5.88 Å². The van der Waals surface area contributed by atoms with Gasteiger partial charge in [-0.05, 0) is 38.5 Å². The molecular formula is C20H28N6O. The van der Waals surface area contributed by atoms with Gasteiger partial charge < -0.3 is 9.64 Å². The molecule has 0 atom stereocenters. The molecule has 1 saturated carbocycles. The molecule has 2 aliphatic heterocycles. The van der Waals surface area contributed by atoms with Gasteiger partial charge in [0.15, 0.2) is 0 Å². The number of aryl methyl sites for hydroxylation is 1. The molecule has 0 N–H and O–H groups in total. The van der Waals surface area contributed by atoms with Crippen LogP contribution in [0, 0.1) is 0 Å². The van der Waals surface area contributed by atoms with Gasteiger partial charge in [0.05, 0.1) is 13.3 Å². The first-order chi connectivity index (χ1) is 13.3. The van der Waals surface area contributed by atoms with Crippen molar-refractivity contribution < 1.29 is 4.74 Å². The van der Waals surface area contributed by atoms with E-state index < -0.39 is 0 Å². The molecule has 1 saturated heterocycles. The minimum Gasteiger partial charge on any atom is -0.481 e. The predicted molar refractivity (Wildman–Crippen MR) is 103 cm³/mol. The Morgan fingerprint density at radius 3 is 2.70 bits per heavy atom. The van der Waals surface area contributed by atoms with E-state index in [0.29, 0.717) is 18.0 Å². The molecule has 0 unspecified atom stereocenters. The second-order valence-corrected chi connectivity index (χ2v) is 8.01. The van der Waals surface area contributed by atoms with Gasteiger partial charge in [-0.2, -0.15) is 5.10 Å². The highest BCUT2D eigenvalue weighted by Gasteiger charge is 2.36. The Morgan fingerprint density at radius 2 is 1.93 bits per heavy atom. The van der Waals surface area contributed by atoms with Crippen LogP contribution < -0.4 is 9.64 Å². The van der Waals surface area contributed by atoms with Crippen molar-refractivity contribution in [2.75, 3.05) is 25.1 Å². The molecule has 0 spiro atoms. The molecule has 144 valence electrons. The highest BCUT2D eigenvalue weighted by Crippen LogP contribution is 2.36. The summed E-state index contributed by atoms with van der Waals surface area (Å²) in [4.78, 5) is 13.9. The second kappa shape index (κ2) is 7.11. The maximum atomic E-state index is 5.31. The van der Waals surface area contributed by atoms with E-state index >= 15 is 0 Å². The maximum absolute atomic E-state index is 5.31. The van der Waals surface area contributed by atoms with Gasteiger partial charge in [0.25, 0.3) is 0 Å². The monoisotopic (exact) mass is 368 g/mol. The lowest BCUT2D eigenvalue weighted by Crippen LogP contribution is -2.46. The molecule has 3 aliphatic rings. The molecule has 0 aromatic carbocycles. The number of fused-ring (bicyclic) bond motifs is 1. The summed E-state index contributed by atoms with van der Waals surface area (Å²) in [6.45, 7) is 4.42. The van der Waals surface area contributed by atoms with Crippen LogP contribution in [0.5, 0.6) is 5.88 Å². The van der Waals surface area contributed by atoms with Crippen molar-refractivity contribution in [2.45, 2.75) is 63.7 Å². The highest BCUT2D eigenvalue weighted by molar-refractivity contribution is 5.45. The lowest BCUT2D eigenvalue weighted by molar-refractivity contribution is 0.200. The van der Waals surface area contributed by atoms with Crippen molar-refractivity contribution in [3.05, 3.63) is 29.8 Å². The van der Waals surface area contributed by atoms with E-state index in [1.165, 1.54) is 49.8 Å². The van der Waals surface area contributed by atoms with Gasteiger partial charge >= 0.3 is 0 Å². The lowest BCUT2D eigenvalue weighted by atomic mass is 10.0. The van der Waals surface area contributed by atoms with E-state index in [1.54, 1.807) is 13.4 Å². The number of aromatic nitrogens is 4. The molecule has 0 amide bonds. The van der Waals surface area contributed by atoms with E-state index in [0.717, 1.165) is 32.0 Å². The number of piperidine rings is 1. The summed E-state index contributed by atoms with van der Waals surface area (Å²) in [7, 11) is 1.67. The van der Waals surface area contributed by atoms with Crippen molar-refractivity contribution in [1.29, 1.82) is 0 Å². The summed E-state index contributed by atoms with van der Waals surface area (Å²) >= 11 is 0. The zero-order chi connectivity index (χ0) is 18.2. The Balaban J connectivity index is 1.24. The molecule has 0 bridgehead atoms. The summed E-state index contributed by atoms with van der Waals surface area (Å²) in [5, 5.41) is 4.55. The number of methoxy groups -OCH3 is 1. The van der Waals surface area contributed by atoms with E-state index in [1.807, 2.05) is 6.07 Å². The van der Waals surface area contributed by atoms with E-state index in [4.69, 9.17) is 4.74 Å². The average molecular weight is 368 g/mol. The SMILES string of the molecule is COc1cc(N(C2CC2)C2CCN(Cc3cnn4c3CCC4)CC2)ncn1. The molecule has 7 nitrogen and oxygen atoms in total. The first-order valence-electron chi connectivity index (χ1n) is 10.2. The Kier molecular flexibility index (Phi) is 4.47. The fourth-order valence-electron chi connectivity index (χ4n) is 4.66. The molecule has 0 radical (unpaired) electrons. The highest BCUT2D eigenvalue weighted by atomic mass is 16.5. The van der Waals surface area contributed by atoms with Crippen molar-refractivity contribution in [3.63, 3.8) is 0 Å². The van der Waals surface area contributed by atoms with Crippen molar-refractivity contribution >= 4 is 5.82 Å². The summed E-state index contributed by atoms with van der Waals surface area (Å²) < 4.78 is 7.50. The van der Waals surface area contributed by atoms with Crippen LogP contribution in [0.4, 0.5) is 5.82 Å². The predicted octanol–water partition coefficient (Wildman–Crippen LogP) is 2.26. The Hall–Kier alpha value is -2.15. The fourth-order valence-corrected chi connectivity index (χ4v) is 4.66. The van der Waals surface area contributed by atoms with Gasteiger partial charge in [0.2, 0.25) is 5.88 Å². The first-order valence-corrected chi connectivity index (χ1v) is 10.2. The van der Waals surface area contributed by atoms with Crippen LogP contribution in [0.3, 0.4) is 0 Å². The number of hydrogen-bond acceptors (Lipinski definition) is 6. The number of nitrogens with zero attached hydrogens (tertiary/aromatic N) is 6. The normalized spacial score (nSPS) is 20.6. The molecule has 2 fully saturated rings. The molecular weight excluding hydrogens is 340 g/mol. The molecule has 1 aliphatic carbocycles. The number of likely N-dealkylation sites (tertiary alicyclic amines) is 1. The summed E-state index contributed by atoms with van der Waals surface area (Å²) in [6.07, 6.45) is 11.1. The Labute approximate surface area is 160 Å². The lowest BCUT2D eigenvalue weighted by Gasteiger charge is -2.39. The largest absolute Gasteiger partial charge is 0.481 e. The minimum atomic E-state index is 0.561. The van der Waals surface area contributed by atoms with Gasteiger partial charge in [-0.15, -0.1) is 0 Å². The third-order valence-corrected chi connectivity index (χ3v) is 6.20. The second-order valence-electron chi connectivity index (χ2n) is 8.01. The molecule has 7 heteroatoms. The quantitative estimate of drug-likeness (QED) is 0.780. The molecule has 2 aromatic rings. The van der Waals surface area contributed by atoms with E-state index in [-0.39, 0.29) is 0 Å². The Bertz CT molecular complexity index is 794. The zero-order valence-electron chi connectivity index (χ0n) is 16.0. The van der Waals surface area contributed by atoms with Gasteiger partial charge in [-0.3, -0.25) is 9.58 Å². The minimum absolute atomic E-state index is 0.561. The van der Waals surface area contributed by atoms with E-state index in [2.05, 4.69) is 35.7 Å². The standard InChI is InChI=1S/C20H28N6O/c1-27-20-11-19(21-14-22-20)26(16-4-5-16)17-6-9-24(10-7-17)13-15-12-23-25-8-2-3-18(15)25/h11-12,14,16-17H,2-10,13H2,1H3. The van der Waals surface area contributed by atoms with Gasteiger partial charge in [0, 0.05) is 55.6 Å². The Morgan fingerprint density at radius 1 is 1.11 bits per heavy atom. The molecule has 27 heavy (non-hydrogen) atoms. The van der Waals surface area contributed by atoms with Crippen molar-refractivity contribution in [2.24, 2.45) is 0 Å². The van der Waals surface area contributed by atoms with Crippen LogP contribution in [0.25, 0.3) is 0 Å². The third-order valence-electron chi connectivity index (χ3n) is 6.20. The number of rotatable bonds is 6. The van der Waals surface area contributed by atoms with Crippen LogP contribution in [-0.4, -0.2) is 56.9 Å². The summed E-state index contributed by atoms with van der Waals surface area (Å²) in [5.41, 5.74) is 2.90. The van der Waals surface area contributed by atoms with Crippen LogP contribution >= 0.6 is 0 Å². The maximum Gasteiger partial charge on any atom is 0.218 e. The molecule has 2 aromatic heterocycles. The number of ether oxygens (including phenoxy) is 1. The topological polar surface area (TPSA) is 59.3 Å². The smallest absolute Gasteiger partial charge is 0.218 e. The van der Waals surface area contributed by atoms with Gasteiger partial charge in [-0.1, -0.05) is 0 Å². The van der Waals surface area contributed by atoms with Crippen LogP contribution in [0.2, 0.25) is 0 Å². The number of hydrogen-bond donors (Lipinski definition) is 0. The number of anilines is 1.